The number of hydrogen-bond acceptors (Lipinski definition) is 2. The summed E-state index contributed by atoms with van der Waals surface area (Å²) in [5, 5.41) is 3.29. The van der Waals surface area contributed by atoms with Crippen LogP contribution in [0.1, 0.15) is 44.8 Å². The smallest absolute Gasteiger partial charge is 0.203 e. The van der Waals surface area contributed by atoms with Gasteiger partial charge in [-0.2, -0.15) is 0 Å². The Balaban J connectivity index is 2.86. The van der Waals surface area contributed by atoms with E-state index in [4.69, 9.17) is 0 Å². The van der Waals surface area contributed by atoms with Crippen molar-refractivity contribution in [2.24, 2.45) is 0 Å². The fourth-order valence-corrected chi connectivity index (χ4v) is 1.96. The molecule has 0 amide bonds. The maximum Gasteiger partial charge on any atom is 0.203 e. The molecule has 90 valence electrons. The highest BCUT2D eigenvalue weighted by Crippen LogP contribution is 2.23. The maximum absolute atomic E-state index is 4.50. The molecule has 1 aromatic heterocycles. The fraction of sp³-hybridized carbons (Fsp3) is 0.615. The number of rotatable bonds is 7. The minimum absolute atomic E-state index is 0.554. The first-order chi connectivity index (χ1) is 7.72. The van der Waals surface area contributed by atoms with Crippen molar-refractivity contribution < 1.29 is 0 Å². The third kappa shape index (κ3) is 3.12. The summed E-state index contributed by atoms with van der Waals surface area (Å²) in [6.07, 6.45) is 7.54. The Labute approximate surface area is 98.6 Å². The van der Waals surface area contributed by atoms with Gasteiger partial charge in [0.15, 0.2) is 0 Å². The molecule has 0 bridgehead atoms. The van der Waals surface area contributed by atoms with Gasteiger partial charge in [-0.15, -0.1) is 6.58 Å². The third-order valence-corrected chi connectivity index (χ3v) is 2.74. The van der Waals surface area contributed by atoms with E-state index < -0.39 is 0 Å². The van der Waals surface area contributed by atoms with Crippen molar-refractivity contribution in [2.75, 3.05) is 11.9 Å². The van der Waals surface area contributed by atoms with Crippen LogP contribution in [0, 0.1) is 6.92 Å². The molecule has 0 spiro atoms. The van der Waals surface area contributed by atoms with Crippen LogP contribution in [-0.2, 0) is 0 Å². The molecule has 3 nitrogen and oxygen atoms in total. The van der Waals surface area contributed by atoms with Crippen LogP contribution in [0.5, 0.6) is 0 Å². The van der Waals surface area contributed by atoms with E-state index in [0.29, 0.717) is 6.04 Å². The molecular formula is C13H23N3. The van der Waals surface area contributed by atoms with Crippen LogP contribution in [0.3, 0.4) is 0 Å². The molecule has 0 radical (unpaired) electrons. The monoisotopic (exact) mass is 221 g/mol. The van der Waals surface area contributed by atoms with E-state index in [2.05, 4.69) is 41.5 Å². The predicted octanol–water partition coefficient (Wildman–Crippen LogP) is 3.54. The van der Waals surface area contributed by atoms with Crippen LogP contribution in [0.15, 0.2) is 18.9 Å². The van der Waals surface area contributed by atoms with E-state index in [1.807, 2.05) is 13.0 Å². The van der Waals surface area contributed by atoms with Crippen LogP contribution >= 0.6 is 0 Å². The molecule has 1 N–H and O–H groups in total. The molecule has 0 aliphatic carbocycles. The van der Waals surface area contributed by atoms with Crippen LogP contribution in [-0.4, -0.2) is 16.1 Å². The average Bonchev–Trinajstić information content (AvgIpc) is 2.64. The normalized spacial score (nSPS) is 12.4. The minimum atomic E-state index is 0.554. The van der Waals surface area contributed by atoms with E-state index in [1.165, 1.54) is 12.8 Å². The van der Waals surface area contributed by atoms with Gasteiger partial charge in [-0.3, -0.25) is 0 Å². The highest BCUT2D eigenvalue weighted by Gasteiger charge is 2.12. The second-order valence-corrected chi connectivity index (χ2v) is 4.13. The molecule has 1 rings (SSSR count). The van der Waals surface area contributed by atoms with E-state index in [-0.39, 0.29) is 0 Å². The number of nitrogens with one attached hydrogen (secondary N) is 1. The van der Waals surface area contributed by atoms with Crippen molar-refractivity contribution in [3.63, 3.8) is 0 Å². The topological polar surface area (TPSA) is 29.9 Å². The largest absolute Gasteiger partial charge is 0.352 e. The summed E-state index contributed by atoms with van der Waals surface area (Å²) in [4.78, 5) is 4.50. The number of hydrogen-bond donors (Lipinski definition) is 1. The Kier molecular flexibility index (Phi) is 5.09. The summed E-state index contributed by atoms with van der Waals surface area (Å²) in [6.45, 7) is 11.0. The highest BCUT2D eigenvalue weighted by atomic mass is 15.2. The first-order valence-corrected chi connectivity index (χ1v) is 6.13. The second kappa shape index (κ2) is 6.36. The standard InChI is InChI=1S/C13H23N3/c1-5-8-12(7-3)16-10-11(4)15-13(16)14-9-6-2/h6,10,12H,2,5,7-9H2,1,3-4H3,(H,14,15). The molecule has 0 fully saturated rings. The van der Waals surface area contributed by atoms with Crippen molar-refractivity contribution in [1.29, 1.82) is 0 Å². The van der Waals surface area contributed by atoms with Gasteiger partial charge in [0, 0.05) is 18.8 Å². The molecule has 0 saturated carbocycles. The van der Waals surface area contributed by atoms with Crippen LogP contribution in [0.4, 0.5) is 5.95 Å². The van der Waals surface area contributed by atoms with Crippen LogP contribution < -0.4 is 5.32 Å². The van der Waals surface area contributed by atoms with E-state index in [0.717, 1.165) is 24.6 Å². The Morgan fingerprint density at radius 1 is 1.56 bits per heavy atom. The Hall–Kier alpha value is -1.25. The zero-order valence-electron chi connectivity index (χ0n) is 10.7. The lowest BCUT2D eigenvalue weighted by Gasteiger charge is -2.18. The van der Waals surface area contributed by atoms with Gasteiger partial charge in [0.1, 0.15) is 0 Å². The van der Waals surface area contributed by atoms with Gasteiger partial charge in [0.05, 0.1) is 5.69 Å². The summed E-state index contributed by atoms with van der Waals surface area (Å²) in [7, 11) is 0. The van der Waals surface area contributed by atoms with Crippen molar-refractivity contribution in [3.8, 4) is 0 Å². The number of aryl methyl sites for hydroxylation is 1. The van der Waals surface area contributed by atoms with Gasteiger partial charge in [-0.05, 0) is 19.8 Å². The molecule has 1 atom stereocenters. The van der Waals surface area contributed by atoms with Crippen molar-refractivity contribution in [3.05, 3.63) is 24.5 Å². The quantitative estimate of drug-likeness (QED) is 0.714. The predicted molar refractivity (Wildman–Crippen MR) is 69.9 cm³/mol. The van der Waals surface area contributed by atoms with E-state index >= 15 is 0 Å². The molecule has 1 aromatic rings. The maximum atomic E-state index is 4.50. The fourth-order valence-electron chi connectivity index (χ4n) is 1.96. The third-order valence-electron chi connectivity index (χ3n) is 2.74. The molecule has 16 heavy (non-hydrogen) atoms. The molecule has 1 unspecified atom stereocenters. The molecule has 0 saturated heterocycles. The summed E-state index contributed by atoms with van der Waals surface area (Å²) < 4.78 is 2.27. The zero-order chi connectivity index (χ0) is 12.0. The molecule has 0 aliphatic rings. The Morgan fingerprint density at radius 3 is 2.88 bits per heavy atom. The summed E-state index contributed by atoms with van der Waals surface area (Å²) in [5.74, 6) is 0.970. The average molecular weight is 221 g/mol. The lowest BCUT2D eigenvalue weighted by Crippen LogP contribution is -2.12. The lowest BCUT2D eigenvalue weighted by molar-refractivity contribution is 0.451. The van der Waals surface area contributed by atoms with Gasteiger partial charge >= 0.3 is 0 Å². The lowest BCUT2D eigenvalue weighted by atomic mass is 10.1. The minimum Gasteiger partial charge on any atom is -0.352 e. The SMILES string of the molecule is C=CCNc1nc(C)cn1C(CC)CCC. The van der Waals surface area contributed by atoms with Crippen molar-refractivity contribution >= 4 is 5.95 Å². The number of nitrogens with zero attached hydrogens (tertiary/aromatic N) is 2. The Bertz CT molecular complexity index is 328. The Morgan fingerprint density at radius 2 is 2.31 bits per heavy atom. The molecule has 0 aliphatic heterocycles. The summed E-state index contributed by atoms with van der Waals surface area (Å²) in [6, 6.07) is 0.554. The first kappa shape index (κ1) is 12.8. The van der Waals surface area contributed by atoms with Crippen LogP contribution in [0.2, 0.25) is 0 Å². The van der Waals surface area contributed by atoms with E-state index in [1.54, 1.807) is 0 Å². The number of aromatic nitrogens is 2. The summed E-state index contributed by atoms with van der Waals surface area (Å²) >= 11 is 0. The highest BCUT2D eigenvalue weighted by molar-refractivity contribution is 5.30. The van der Waals surface area contributed by atoms with Crippen molar-refractivity contribution in [1.82, 2.24) is 9.55 Å². The summed E-state index contributed by atoms with van der Waals surface area (Å²) in [5.41, 5.74) is 1.07. The van der Waals surface area contributed by atoms with Crippen LogP contribution in [0.25, 0.3) is 0 Å². The number of anilines is 1. The van der Waals surface area contributed by atoms with Gasteiger partial charge in [-0.1, -0.05) is 26.3 Å². The first-order valence-electron chi connectivity index (χ1n) is 6.13. The second-order valence-electron chi connectivity index (χ2n) is 4.13. The number of imidazole rings is 1. The van der Waals surface area contributed by atoms with Gasteiger partial charge < -0.3 is 9.88 Å². The molecule has 0 aromatic carbocycles. The van der Waals surface area contributed by atoms with Crippen molar-refractivity contribution in [2.45, 2.75) is 46.1 Å². The molecular weight excluding hydrogens is 198 g/mol. The zero-order valence-corrected chi connectivity index (χ0v) is 10.7. The van der Waals surface area contributed by atoms with Gasteiger partial charge in [0.25, 0.3) is 0 Å². The van der Waals surface area contributed by atoms with Gasteiger partial charge in [0.2, 0.25) is 5.95 Å². The molecule has 3 heteroatoms. The van der Waals surface area contributed by atoms with E-state index in [9.17, 15) is 0 Å². The van der Waals surface area contributed by atoms with Gasteiger partial charge in [-0.25, -0.2) is 4.98 Å². The molecule has 1 heterocycles.